The first-order valence-corrected chi connectivity index (χ1v) is 7.02. The van der Waals surface area contributed by atoms with Crippen molar-refractivity contribution in [2.24, 2.45) is 11.7 Å². The molecule has 0 aliphatic carbocycles. The van der Waals surface area contributed by atoms with E-state index in [1.807, 2.05) is 37.3 Å². The molecule has 0 aromatic heterocycles. The van der Waals surface area contributed by atoms with Gasteiger partial charge >= 0.3 is 5.97 Å². The van der Waals surface area contributed by atoms with Gasteiger partial charge in [-0.25, -0.2) is 0 Å². The summed E-state index contributed by atoms with van der Waals surface area (Å²) >= 11 is 0. The van der Waals surface area contributed by atoms with Gasteiger partial charge in [-0.05, 0) is 30.7 Å². The molecule has 0 radical (unpaired) electrons. The molecule has 3 heteroatoms. The van der Waals surface area contributed by atoms with E-state index in [2.05, 4.69) is 13.8 Å². The minimum atomic E-state index is -0.580. The van der Waals surface area contributed by atoms with Gasteiger partial charge in [-0.3, -0.25) is 4.79 Å². The molecule has 0 saturated carbocycles. The summed E-state index contributed by atoms with van der Waals surface area (Å²) in [4.78, 5) is 12.0. The third-order valence-electron chi connectivity index (χ3n) is 3.07. The molecule has 106 valence electrons. The Kier molecular flexibility index (Phi) is 6.57. The summed E-state index contributed by atoms with van der Waals surface area (Å²) in [5.74, 6) is 0.222. The quantitative estimate of drug-likeness (QED) is 0.770. The van der Waals surface area contributed by atoms with Crippen molar-refractivity contribution in [3.63, 3.8) is 0 Å². The minimum Gasteiger partial charge on any atom is -0.461 e. The molecular formula is C16H25NO2. The van der Waals surface area contributed by atoms with Crippen molar-refractivity contribution in [2.75, 3.05) is 0 Å². The molecule has 19 heavy (non-hydrogen) atoms. The Hall–Kier alpha value is -1.35. The van der Waals surface area contributed by atoms with E-state index < -0.39 is 6.04 Å². The van der Waals surface area contributed by atoms with Gasteiger partial charge in [-0.1, -0.05) is 51.1 Å². The molecule has 0 heterocycles. The highest BCUT2D eigenvalue weighted by Crippen LogP contribution is 2.13. The number of carbonyl (C=O) groups excluding carboxylic acids is 1. The first-order chi connectivity index (χ1) is 9.02. The fourth-order valence-corrected chi connectivity index (χ4v) is 2.03. The van der Waals surface area contributed by atoms with Crippen molar-refractivity contribution in [2.45, 2.75) is 52.2 Å². The molecule has 0 saturated heterocycles. The lowest BCUT2D eigenvalue weighted by Crippen LogP contribution is -2.37. The molecule has 2 N–H and O–H groups in total. The van der Waals surface area contributed by atoms with Gasteiger partial charge in [0.2, 0.25) is 0 Å². The summed E-state index contributed by atoms with van der Waals surface area (Å²) in [5.41, 5.74) is 6.97. The van der Waals surface area contributed by atoms with E-state index in [0.29, 0.717) is 12.3 Å². The Labute approximate surface area is 116 Å². The largest absolute Gasteiger partial charge is 0.461 e. The highest BCUT2D eigenvalue weighted by atomic mass is 16.5. The molecule has 1 aromatic rings. The average molecular weight is 263 g/mol. The number of rotatable bonds is 7. The molecule has 0 bridgehead atoms. The van der Waals surface area contributed by atoms with Crippen LogP contribution in [0, 0.1) is 5.92 Å². The van der Waals surface area contributed by atoms with Gasteiger partial charge in [0.25, 0.3) is 0 Å². The second-order valence-electron chi connectivity index (χ2n) is 5.39. The molecule has 3 nitrogen and oxygen atoms in total. The van der Waals surface area contributed by atoms with Crippen LogP contribution in [0.2, 0.25) is 0 Å². The average Bonchev–Trinajstić information content (AvgIpc) is 2.38. The van der Waals surface area contributed by atoms with E-state index in [0.717, 1.165) is 18.4 Å². The zero-order valence-corrected chi connectivity index (χ0v) is 12.1. The van der Waals surface area contributed by atoms with E-state index in [9.17, 15) is 4.79 Å². The highest BCUT2D eigenvalue weighted by molar-refractivity contribution is 5.76. The number of esters is 1. The molecule has 0 aliphatic rings. The van der Waals surface area contributed by atoms with E-state index >= 15 is 0 Å². The van der Waals surface area contributed by atoms with Crippen LogP contribution >= 0.6 is 0 Å². The monoisotopic (exact) mass is 263 g/mol. The van der Waals surface area contributed by atoms with Crippen molar-refractivity contribution in [3.05, 3.63) is 35.9 Å². The fraction of sp³-hybridized carbons (Fsp3) is 0.562. The standard InChI is InChI=1S/C16H25NO2/c1-4-14(10-12(2)3)19-16(18)15(17)11-13-8-6-5-7-9-13/h5-9,12,14-15H,4,10-11,17H2,1-3H3/t14?,15-/m0/s1. The minimum absolute atomic E-state index is 0.0191. The first-order valence-electron chi connectivity index (χ1n) is 7.02. The Morgan fingerprint density at radius 1 is 1.26 bits per heavy atom. The van der Waals surface area contributed by atoms with Crippen LogP contribution in [0.5, 0.6) is 0 Å². The molecule has 0 amide bonds. The molecule has 0 fully saturated rings. The van der Waals surface area contributed by atoms with Crippen molar-refractivity contribution >= 4 is 5.97 Å². The first kappa shape index (κ1) is 15.7. The zero-order chi connectivity index (χ0) is 14.3. The maximum atomic E-state index is 12.0. The summed E-state index contributed by atoms with van der Waals surface area (Å²) in [6, 6.07) is 9.20. The Morgan fingerprint density at radius 3 is 2.42 bits per heavy atom. The smallest absolute Gasteiger partial charge is 0.323 e. The van der Waals surface area contributed by atoms with Crippen molar-refractivity contribution in [1.82, 2.24) is 0 Å². The topological polar surface area (TPSA) is 52.3 Å². The molecule has 1 aromatic carbocycles. The molecule has 1 rings (SSSR count). The van der Waals surface area contributed by atoms with Crippen LogP contribution in [0.25, 0.3) is 0 Å². The predicted molar refractivity (Wildman–Crippen MR) is 77.7 cm³/mol. The Bertz CT molecular complexity index is 376. The van der Waals surface area contributed by atoms with E-state index in [-0.39, 0.29) is 12.1 Å². The number of carbonyl (C=O) groups is 1. The lowest BCUT2D eigenvalue weighted by Gasteiger charge is -2.20. The van der Waals surface area contributed by atoms with Gasteiger partial charge in [0.05, 0.1) is 0 Å². The molecule has 1 unspecified atom stereocenters. The Balaban J connectivity index is 2.48. The third-order valence-corrected chi connectivity index (χ3v) is 3.07. The lowest BCUT2D eigenvalue weighted by molar-refractivity contribution is -0.151. The van der Waals surface area contributed by atoms with Gasteiger partial charge < -0.3 is 10.5 Å². The number of hydrogen-bond acceptors (Lipinski definition) is 3. The van der Waals surface area contributed by atoms with Crippen molar-refractivity contribution < 1.29 is 9.53 Å². The molecule has 0 aliphatic heterocycles. The van der Waals surface area contributed by atoms with Crippen LogP contribution in [0.1, 0.15) is 39.2 Å². The van der Waals surface area contributed by atoms with E-state index in [4.69, 9.17) is 10.5 Å². The number of nitrogens with two attached hydrogens (primary N) is 1. The normalized spacial score (nSPS) is 14.2. The van der Waals surface area contributed by atoms with Gasteiger partial charge in [0, 0.05) is 0 Å². The van der Waals surface area contributed by atoms with Crippen molar-refractivity contribution in [1.29, 1.82) is 0 Å². The maximum absolute atomic E-state index is 12.0. The van der Waals surface area contributed by atoms with Crippen LogP contribution < -0.4 is 5.73 Å². The summed E-state index contributed by atoms with van der Waals surface area (Å²) in [6.45, 7) is 6.28. The third kappa shape index (κ3) is 5.88. The lowest BCUT2D eigenvalue weighted by atomic mass is 10.0. The van der Waals surface area contributed by atoms with Gasteiger partial charge in [-0.2, -0.15) is 0 Å². The molecule has 2 atom stereocenters. The van der Waals surface area contributed by atoms with Crippen LogP contribution in [-0.2, 0) is 16.0 Å². The molecular weight excluding hydrogens is 238 g/mol. The zero-order valence-electron chi connectivity index (χ0n) is 12.1. The Morgan fingerprint density at radius 2 is 1.89 bits per heavy atom. The number of ether oxygens (including phenoxy) is 1. The van der Waals surface area contributed by atoms with Crippen LogP contribution in [-0.4, -0.2) is 18.1 Å². The van der Waals surface area contributed by atoms with Crippen LogP contribution in [0.15, 0.2) is 30.3 Å². The van der Waals surface area contributed by atoms with Gasteiger partial charge in [0.15, 0.2) is 0 Å². The fourth-order valence-electron chi connectivity index (χ4n) is 2.03. The van der Waals surface area contributed by atoms with E-state index in [1.54, 1.807) is 0 Å². The second kappa shape index (κ2) is 7.95. The SMILES string of the molecule is CCC(CC(C)C)OC(=O)[C@@H](N)Cc1ccccc1. The molecule has 0 spiro atoms. The van der Waals surface area contributed by atoms with Gasteiger partial charge in [-0.15, -0.1) is 0 Å². The predicted octanol–water partition coefficient (Wildman–Crippen LogP) is 2.92. The summed E-state index contributed by atoms with van der Waals surface area (Å²) in [6.07, 6.45) is 2.23. The summed E-state index contributed by atoms with van der Waals surface area (Å²) in [5, 5.41) is 0. The maximum Gasteiger partial charge on any atom is 0.323 e. The van der Waals surface area contributed by atoms with E-state index in [1.165, 1.54) is 0 Å². The second-order valence-corrected chi connectivity index (χ2v) is 5.39. The number of benzene rings is 1. The van der Waals surface area contributed by atoms with Crippen LogP contribution in [0.3, 0.4) is 0 Å². The highest BCUT2D eigenvalue weighted by Gasteiger charge is 2.20. The van der Waals surface area contributed by atoms with Crippen LogP contribution in [0.4, 0.5) is 0 Å². The summed E-state index contributed by atoms with van der Waals surface area (Å²) in [7, 11) is 0. The van der Waals surface area contributed by atoms with Gasteiger partial charge in [0.1, 0.15) is 12.1 Å². The van der Waals surface area contributed by atoms with Crippen molar-refractivity contribution in [3.8, 4) is 0 Å². The summed E-state index contributed by atoms with van der Waals surface area (Å²) < 4.78 is 5.48. The number of hydrogen-bond donors (Lipinski definition) is 1.